The lowest BCUT2D eigenvalue weighted by Gasteiger charge is -2.18. The van der Waals surface area contributed by atoms with Crippen molar-refractivity contribution < 1.29 is 0 Å². The minimum absolute atomic E-state index is 0.871. The molecule has 0 N–H and O–H groups in total. The lowest BCUT2D eigenvalue weighted by atomic mass is 9.87. The van der Waals surface area contributed by atoms with Crippen molar-refractivity contribution in [2.75, 3.05) is 0 Å². The molecule has 0 amide bonds. The van der Waals surface area contributed by atoms with Crippen LogP contribution in [0.15, 0.2) is 24.3 Å². The molecule has 0 saturated carbocycles. The summed E-state index contributed by atoms with van der Waals surface area (Å²) in [5.74, 6) is 2.69. The topological polar surface area (TPSA) is 0 Å². The Morgan fingerprint density at radius 1 is 0.657 bits per heavy atom. The summed E-state index contributed by atoms with van der Waals surface area (Å²) in [6.07, 6.45) is 18.8. The van der Waals surface area contributed by atoms with E-state index in [4.69, 9.17) is 0 Å². The third kappa shape index (κ3) is 13.5. The molecule has 0 fully saturated rings. The molecule has 202 valence electrons. The van der Waals surface area contributed by atoms with Gasteiger partial charge >= 0.3 is 0 Å². The van der Waals surface area contributed by atoms with Crippen LogP contribution in [-0.4, -0.2) is 0 Å². The van der Waals surface area contributed by atoms with E-state index in [2.05, 4.69) is 88.8 Å². The monoisotopic (exact) mass is 482 g/mol. The normalized spacial score (nSPS) is 13.4. The fourth-order valence-electron chi connectivity index (χ4n) is 5.52. The second-order valence-corrected chi connectivity index (χ2v) is 11.8. The molecule has 1 aromatic rings. The van der Waals surface area contributed by atoms with Crippen molar-refractivity contribution in [2.24, 2.45) is 17.8 Å². The van der Waals surface area contributed by atoms with Gasteiger partial charge in [-0.2, -0.15) is 0 Å². The summed E-state index contributed by atoms with van der Waals surface area (Å²) >= 11 is 0. The first kappa shape index (κ1) is 33.7. The molecule has 0 radical (unpaired) electrons. The molecule has 0 aliphatic heterocycles. The van der Waals surface area contributed by atoms with Gasteiger partial charge in [-0.05, 0) is 111 Å². The van der Waals surface area contributed by atoms with E-state index in [-0.39, 0.29) is 0 Å². The summed E-state index contributed by atoms with van der Waals surface area (Å²) in [5.41, 5.74) is 10.6. The maximum absolute atomic E-state index is 3.76. The van der Waals surface area contributed by atoms with Gasteiger partial charge in [-0.3, -0.25) is 0 Å². The van der Waals surface area contributed by atoms with Gasteiger partial charge in [0.1, 0.15) is 0 Å². The smallest absolute Gasteiger partial charge is 0.0302 e. The molecule has 0 aromatic heterocycles. The van der Waals surface area contributed by atoms with Crippen molar-refractivity contribution in [3.05, 3.63) is 57.7 Å². The van der Waals surface area contributed by atoms with Crippen LogP contribution in [0, 0.1) is 45.4 Å². The highest BCUT2D eigenvalue weighted by Gasteiger charge is 2.11. The van der Waals surface area contributed by atoms with Crippen LogP contribution in [0.1, 0.15) is 140 Å². The molecule has 2 unspecified atom stereocenters. The number of rotatable bonds is 15. The molecule has 0 spiro atoms. The first-order valence-corrected chi connectivity index (χ1v) is 14.9. The van der Waals surface area contributed by atoms with E-state index in [0.717, 1.165) is 30.6 Å². The standard InChI is InChI=1S/C21H40.C14H22/c1-7-11-19(4)14-9-15-21(6)17-10-16-20(5)13-8-12-18(2)3;1-7-13-9(3)11(5)14(8-2)12(6)10(13)4/h7,11,18,20-21H,1,8-10,12-17H2,2-6H3;7-8H2,1-6H3/b19-11+;. The largest absolute Gasteiger partial charge is 0.0991 e. The molecule has 0 aliphatic rings. The quantitative estimate of drug-likeness (QED) is 0.218. The zero-order valence-corrected chi connectivity index (χ0v) is 25.9. The van der Waals surface area contributed by atoms with Crippen LogP contribution in [0.4, 0.5) is 0 Å². The van der Waals surface area contributed by atoms with Gasteiger partial charge in [-0.1, -0.05) is 111 Å². The number of hydrogen-bond donors (Lipinski definition) is 0. The summed E-state index contributed by atoms with van der Waals surface area (Å²) in [5, 5.41) is 0. The van der Waals surface area contributed by atoms with Crippen LogP contribution in [0.3, 0.4) is 0 Å². The highest BCUT2D eigenvalue weighted by molar-refractivity contribution is 5.49. The van der Waals surface area contributed by atoms with Crippen molar-refractivity contribution in [3.63, 3.8) is 0 Å². The number of hydrogen-bond acceptors (Lipinski definition) is 0. The Bertz CT molecular complexity index is 682. The minimum atomic E-state index is 0.871. The highest BCUT2D eigenvalue weighted by atomic mass is 14.2. The first-order valence-electron chi connectivity index (χ1n) is 14.9. The van der Waals surface area contributed by atoms with Gasteiger partial charge in [0.05, 0.1) is 0 Å². The Morgan fingerprint density at radius 3 is 1.37 bits per heavy atom. The minimum Gasteiger partial charge on any atom is -0.0991 e. The Morgan fingerprint density at radius 2 is 1.03 bits per heavy atom. The van der Waals surface area contributed by atoms with Gasteiger partial charge < -0.3 is 0 Å². The zero-order chi connectivity index (χ0) is 27.0. The predicted molar refractivity (Wildman–Crippen MR) is 163 cm³/mol. The van der Waals surface area contributed by atoms with Crippen LogP contribution >= 0.6 is 0 Å². The third-order valence-corrected chi connectivity index (χ3v) is 8.19. The Kier molecular flexibility index (Phi) is 18.2. The van der Waals surface area contributed by atoms with Crippen LogP contribution in [0.2, 0.25) is 0 Å². The van der Waals surface area contributed by atoms with E-state index in [1.807, 2.05) is 6.08 Å². The SMILES string of the molecule is C=C/C=C(\C)CCCC(C)CCCC(C)CCCC(C)C.CCc1c(C)c(C)c(CC)c(C)c1C. The third-order valence-electron chi connectivity index (χ3n) is 8.19. The second-order valence-electron chi connectivity index (χ2n) is 11.8. The van der Waals surface area contributed by atoms with Gasteiger partial charge in [0.2, 0.25) is 0 Å². The van der Waals surface area contributed by atoms with Crippen LogP contribution in [-0.2, 0) is 12.8 Å². The van der Waals surface area contributed by atoms with Crippen molar-refractivity contribution in [2.45, 2.75) is 147 Å². The van der Waals surface area contributed by atoms with Gasteiger partial charge in [0, 0.05) is 0 Å². The lowest BCUT2D eigenvalue weighted by molar-refractivity contribution is 0.389. The predicted octanol–water partition coefficient (Wildman–Crippen LogP) is 11.6. The molecule has 0 bridgehead atoms. The van der Waals surface area contributed by atoms with Crippen molar-refractivity contribution in [1.82, 2.24) is 0 Å². The van der Waals surface area contributed by atoms with E-state index in [1.54, 1.807) is 11.1 Å². The first-order chi connectivity index (χ1) is 16.5. The van der Waals surface area contributed by atoms with Crippen LogP contribution in [0.5, 0.6) is 0 Å². The maximum Gasteiger partial charge on any atom is -0.0302 e. The van der Waals surface area contributed by atoms with Gasteiger partial charge in [-0.15, -0.1) is 0 Å². The average Bonchev–Trinajstić information content (AvgIpc) is 2.79. The number of allylic oxidation sites excluding steroid dienone is 3. The summed E-state index contributed by atoms with van der Waals surface area (Å²) in [7, 11) is 0. The highest BCUT2D eigenvalue weighted by Crippen LogP contribution is 2.27. The van der Waals surface area contributed by atoms with Crippen LogP contribution < -0.4 is 0 Å². The molecule has 0 saturated heterocycles. The van der Waals surface area contributed by atoms with Crippen molar-refractivity contribution in [3.8, 4) is 0 Å². The zero-order valence-electron chi connectivity index (χ0n) is 25.9. The molecule has 35 heavy (non-hydrogen) atoms. The molecular weight excluding hydrogens is 420 g/mol. The molecule has 1 rings (SSSR count). The van der Waals surface area contributed by atoms with Crippen molar-refractivity contribution >= 4 is 0 Å². The molecule has 2 atom stereocenters. The van der Waals surface area contributed by atoms with E-state index in [9.17, 15) is 0 Å². The molecule has 0 nitrogen and oxygen atoms in total. The fraction of sp³-hybridized carbons (Fsp3) is 0.714. The van der Waals surface area contributed by atoms with E-state index in [0.29, 0.717) is 0 Å². The van der Waals surface area contributed by atoms with Crippen LogP contribution in [0.25, 0.3) is 0 Å². The Balaban J connectivity index is 0.000000712. The molecular formula is C35H62. The van der Waals surface area contributed by atoms with E-state index in [1.165, 1.54) is 85.6 Å². The van der Waals surface area contributed by atoms with E-state index >= 15 is 0 Å². The molecule has 1 aromatic carbocycles. The Hall–Kier alpha value is -1.30. The Labute approximate surface area is 222 Å². The molecule has 0 heterocycles. The summed E-state index contributed by atoms with van der Waals surface area (Å²) < 4.78 is 0. The summed E-state index contributed by atoms with van der Waals surface area (Å²) in [4.78, 5) is 0. The molecule has 0 aliphatic carbocycles. The summed E-state index contributed by atoms with van der Waals surface area (Å²) in [6, 6.07) is 0. The van der Waals surface area contributed by atoms with E-state index < -0.39 is 0 Å². The summed E-state index contributed by atoms with van der Waals surface area (Å²) in [6.45, 7) is 29.1. The second kappa shape index (κ2) is 18.9. The maximum atomic E-state index is 3.76. The van der Waals surface area contributed by atoms with Gasteiger partial charge in [-0.25, -0.2) is 0 Å². The average molecular weight is 483 g/mol. The van der Waals surface area contributed by atoms with Gasteiger partial charge in [0.25, 0.3) is 0 Å². The lowest BCUT2D eigenvalue weighted by Crippen LogP contribution is -2.03. The fourth-order valence-corrected chi connectivity index (χ4v) is 5.52. The number of benzene rings is 1. The molecule has 0 heteroatoms. The van der Waals surface area contributed by atoms with Crippen molar-refractivity contribution in [1.29, 1.82) is 0 Å². The van der Waals surface area contributed by atoms with Gasteiger partial charge in [0.15, 0.2) is 0 Å².